The summed E-state index contributed by atoms with van der Waals surface area (Å²) in [5, 5.41) is 13.8. The molecule has 3 rings (SSSR count). The van der Waals surface area contributed by atoms with Crippen molar-refractivity contribution >= 4 is 23.7 Å². The zero-order chi connectivity index (χ0) is 20.5. The van der Waals surface area contributed by atoms with Crippen LogP contribution in [-0.2, 0) is 16.1 Å². The van der Waals surface area contributed by atoms with Crippen molar-refractivity contribution < 1.29 is 18.7 Å². The highest BCUT2D eigenvalue weighted by Gasteiger charge is 2.18. The minimum Gasteiger partial charge on any atom is -0.461 e. The van der Waals surface area contributed by atoms with Crippen molar-refractivity contribution in [1.29, 1.82) is 0 Å². The fourth-order valence-corrected chi connectivity index (χ4v) is 3.23. The molecule has 10 heteroatoms. The summed E-state index contributed by atoms with van der Waals surface area (Å²) in [4.78, 5) is 23.7. The van der Waals surface area contributed by atoms with Crippen LogP contribution < -0.4 is 10.6 Å². The van der Waals surface area contributed by atoms with E-state index in [-0.39, 0.29) is 5.75 Å². The molecular formula is C19H21N5O4S. The number of nitrogens with zero attached hydrogens (tertiary/aromatic N) is 3. The van der Waals surface area contributed by atoms with Gasteiger partial charge in [0.1, 0.15) is 0 Å². The molecule has 29 heavy (non-hydrogen) atoms. The third-order valence-electron chi connectivity index (χ3n) is 3.82. The second-order valence-corrected chi connectivity index (χ2v) is 6.88. The molecule has 3 amide bonds. The minimum atomic E-state index is -0.560. The second kappa shape index (κ2) is 10.4. The summed E-state index contributed by atoms with van der Waals surface area (Å²) in [6.07, 6.45) is 1.57. The molecule has 2 N–H and O–H groups in total. The van der Waals surface area contributed by atoms with Crippen molar-refractivity contribution in [3.05, 3.63) is 54.3 Å². The van der Waals surface area contributed by atoms with E-state index in [1.165, 1.54) is 18.9 Å². The van der Waals surface area contributed by atoms with E-state index in [0.717, 1.165) is 5.56 Å². The first kappa shape index (κ1) is 20.6. The van der Waals surface area contributed by atoms with Gasteiger partial charge in [0.15, 0.2) is 10.9 Å². The molecular weight excluding hydrogens is 394 g/mol. The lowest BCUT2D eigenvalue weighted by atomic mass is 10.2. The molecule has 9 nitrogen and oxygen atoms in total. The first-order valence-electron chi connectivity index (χ1n) is 8.88. The van der Waals surface area contributed by atoms with Gasteiger partial charge in [-0.25, -0.2) is 4.79 Å². The lowest BCUT2D eigenvalue weighted by molar-refractivity contribution is -0.117. The number of hydrogen-bond donors (Lipinski definition) is 2. The maximum atomic E-state index is 12.1. The number of ether oxygens (including phenoxy) is 1. The van der Waals surface area contributed by atoms with Crippen LogP contribution in [0.4, 0.5) is 4.79 Å². The molecule has 0 unspecified atom stereocenters. The number of benzene rings is 1. The zero-order valence-corrected chi connectivity index (χ0v) is 16.6. The van der Waals surface area contributed by atoms with Crippen LogP contribution in [0, 0.1) is 0 Å². The fraction of sp³-hybridized carbons (Fsp3) is 0.263. The Morgan fingerprint density at radius 2 is 2.00 bits per heavy atom. The van der Waals surface area contributed by atoms with Crippen molar-refractivity contribution in [2.75, 3.05) is 26.0 Å². The summed E-state index contributed by atoms with van der Waals surface area (Å²) < 4.78 is 12.2. The van der Waals surface area contributed by atoms with Crippen LogP contribution in [-0.4, -0.2) is 52.7 Å². The van der Waals surface area contributed by atoms with E-state index in [2.05, 4.69) is 20.8 Å². The van der Waals surface area contributed by atoms with Crippen LogP contribution in [0.25, 0.3) is 11.6 Å². The van der Waals surface area contributed by atoms with E-state index < -0.39 is 11.9 Å². The van der Waals surface area contributed by atoms with Gasteiger partial charge in [-0.15, -0.1) is 10.2 Å². The van der Waals surface area contributed by atoms with Gasteiger partial charge in [-0.05, 0) is 17.7 Å². The first-order chi connectivity index (χ1) is 14.2. The summed E-state index contributed by atoms with van der Waals surface area (Å²) in [6, 6.07) is 12.9. The normalized spacial score (nSPS) is 10.7. The number of furan rings is 1. The van der Waals surface area contributed by atoms with Gasteiger partial charge < -0.3 is 14.5 Å². The Morgan fingerprint density at radius 1 is 1.17 bits per heavy atom. The van der Waals surface area contributed by atoms with Gasteiger partial charge in [-0.1, -0.05) is 42.1 Å². The van der Waals surface area contributed by atoms with E-state index in [1.807, 2.05) is 34.9 Å². The molecule has 0 fully saturated rings. The first-order valence-corrected chi connectivity index (χ1v) is 9.86. The van der Waals surface area contributed by atoms with Crippen molar-refractivity contribution in [2.24, 2.45) is 0 Å². The van der Waals surface area contributed by atoms with Crippen LogP contribution in [0.3, 0.4) is 0 Å². The predicted octanol–water partition coefficient (Wildman–Crippen LogP) is 2.15. The second-order valence-electron chi connectivity index (χ2n) is 5.94. The van der Waals surface area contributed by atoms with E-state index >= 15 is 0 Å². The zero-order valence-electron chi connectivity index (χ0n) is 15.8. The lowest BCUT2D eigenvalue weighted by Gasteiger charge is -2.09. The Kier molecular flexibility index (Phi) is 7.42. The molecule has 0 spiro atoms. The van der Waals surface area contributed by atoms with Gasteiger partial charge in [-0.2, -0.15) is 0 Å². The Hall–Kier alpha value is -3.11. The molecule has 2 aromatic heterocycles. The Morgan fingerprint density at radius 3 is 2.72 bits per heavy atom. The van der Waals surface area contributed by atoms with Gasteiger partial charge in [0.05, 0.1) is 25.2 Å². The van der Waals surface area contributed by atoms with E-state index in [0.29, 0.717) is 36.4 Å². The number of amides is 3. The Balaban J connectivity index is 1.67. The molecule has 152 valence electrons. The highest BCUT2D eigenvalue weighted by Crippen LogP contribution is 2.25. The van der Waals surface area contributed by atoms with Crippen molar-refractivity contribution in [3.63, 3.8) is 0 Å². The number of hydrogen-bond acceptors (Lipinski definition) is 7. The standard InChI is InChI=1S/C19H21N5O4S/c1-27-11-9-20-18(26)21-16(25)13-29-19-23-22-17(15-8-5-10-28-15)24(19)12-14-6-3-2-4-7-14/h2-8,10H,9,11-13H2,1H3,(H2,20,21,25,26). The number of rotatable bonds is 9. The van der Waals surface area contributed by atoms with E-state index in [9.17, 15) is 9.59 Å². The third-order valence-corrected chi connectivity index (χ3v) is 4.79. The smallest absolute Gasteiger partial charge is 0.321 e. The number of urea groups is 1. The average Bonchev–Trinajstić information content (AvgIpc) is 3.37. The van der Waals surface area contributed by atoms with Crippen LogP contribution in [0.1, 0.15) is 5.56 Å². The number of carbonyl (C=O) groups is 2. The maximum Gasteiger partial charge on any atom is 0.321 e. The molecule has 3 aromatic rings. The number of imide groups is 1. The molecule has 0 saturated heterocycles. The monoisotopic (exact) mass is 415 g/mol. The van der Waals surface area contributed by atoms with Crippen LogP contribution in [0.5, 0.6) is 0 Å². The molecule has 0 bridgehead atoms. The van der Waals surface area contributed by atoms with Crippen LogP contribution >= 0.6 is 11.8 Å². The molecule has 2 heterocycles. The topological polar surface area (TPSA) is 111 Å². The number of nitrogens with one attached hydrogen (secondary N) is 2. The van der Waals surface area contributed by atoms with Gasteiger partial charge in [0, 0.05) is 13.7 Å². The molecule has 0 radical (unpaired) electrons. The van der Waals surface area contributed by atoms with Gasteiger partial charge in [0.2, 0.25) is 11.7 Å². The molecule has 0 aliphatic rings. The fourth-order valence-electron chi connectivity index (χ4n) is 2.50. The summed E-state index contributed by atoms with van der Waals surface area (Å²) in [5.41, 5.74) is 1.06. The van der Waals surface area contributed by atoms with Gasteiger partial charge in [-0.3, -0.25) is 14.7 Å². The maximum absolute atomic E-state index is 12.1. The van der Waals surface area contributed by atoms with E-state index in [1.54, 1.807) is 18.4 Å². The summed E-state index contributed by atoms with van der Waals surface area (Å²) in [7, 11) is 1.53. The Bertz CT molecular complexity index is 927. The molecule has 0 aliphatic heterocycles. The lowest BCUT2D eigenvalue weighted by Crippen LogP contribution is -2.41. The Labute approximate surface area is 171 Å². The van der Waals surface area contributed by atoms with Crippen molar-refractivity contribution in [3.8, 4) is 11.6 Å². The number of thioether (sulfide) groups is 1. The third kappa shape index (κ3) is 5.93. The average molecular weight is 415 g/mol. The van der Waals surface area contributed by atoms with E-state index in [4.69, 9.17) is 9.15 Å². The number of aromatic nitrogens is 3. The van der Waals surface area contributed by atoms with Gasteiger partial charge in [0.25, 0.3) is 0 Å². The molecule has 0 atom stereocenters. The summed E-state index contributed by atoms with van der Waals surface area (Å²) in [6.45, 7) is 1.21. The summed E-state index contributed by atoms with van der Waals surface area (Å²) >= 11 is 1.19. The number of carbonyl (C=O) groups excluding carboxylic acids is 2. The SMILES string of the molecule is COCCNC(=O)NC(=O)CSc1nnc(-c2ccco2)n1Cc1ccccc1. The van der Waals surface area contributed by atoms with Gasteiger partial charge >= 0.3 is 6.03 Å². The van der Waals surface area contributed by atoms with Crippen LogP contribution in [0.2, 0.25) is 0 Å². The quantitative estimate of drug-likeness (QED) is 0.407. The van der Waals surface area contributed by atoms with Crippen molar-refractivity contribution in [2.45, 2.75) is 11.7 Å². The highest BCUT2D eigenvalue weighted by molar-refractivity contribution is 7.99. The number of methoxy groups -OCH3 is 1. The molecule has 0 aliphatic carbocycles. The minimum absolute atomic E-state index is 0.0166. The molecule has 0 saturated carbocycles. The van der Waals surface area contributed by atoms with Crippen molar-refractivity contribution in [1.82, 2.24) is 25.4 Å². The molecule has 1 aromatic carbocycles. The largest absolute Gasteiger partial charge is 0.461 e. The summed E-state index contributed by atoms with van der Waals surface area (Å²) in [5.74, 6) is 0.739. The predicted molar refractivity (Wildman–Crippen MR) is 107 cm³/mol. The highest BCUT2D eigenvalue weighted by atomic mass is 32.2. The van der Waals surface area contributed by atoms with Crippen LogP contribution in [0.15, 0.2) is 58.3 Å².